The SMILES string of the molecule is COC(=O)C1=CCC(Br)S1. The summed E-state index contributed by atoms with van der Waals surface area (Å²) >= 11 is 4.88. The molecule has 1 unspecified atom stereocenters. The minimum absolute atomic E-state index is 0.230. The molecular formula is C6H7BrO2S. The summed E-state index contributed by atoms with van der Waals surface area (Å²) in [5.41, 5.74) is 0. The Labute approximate surface area is 72.1 Å². The molecule has 2 nitrogen and oxygen atoms in total. The van der Waals surface area contributed by atoms with Crippen LogP contribution < -0.4 is 0 Å². The number of allylic oxidation sites excluding steroid dienone is 1. The molecule has 56 valence electrons. The highest BCUT2D eigenvalue weighted by Gasteiger charge is 2.20. The van der Waals surface area contributed by atoms with E-state index < -0.39 is 0 Å². The van der Waals surface area contributed by atoms with Gasteiger partial charge in [0.15, 0.2) is 0 Å². The molecule has 0 saturated carbocycles. The van der Waals surface area contributed by atoms with Gasteiger partial charge in [-0.3, -0.25) is 0 Å². The lowest BCUT2D eigenvalue weighted by Gasteiger charge is -1.98. The minimum atomic E-state index is -0.230. The van der Waals surface area contributed by atoms with Gasteiger partial charge >= 0.3 is 5.97 Å². The number of methoxy groups -OCH3 is 1. The van der Waals surface area contributed by atoms with E-state index in [1.54, 1.807) is 0 Å². The van der Waals surface area contributed by atoms with Crippen LogP contribution in [-0.2, 0) is 9.53 Å². The van der Waals surface area contributed by atoms with E-state index >= 15 is 0 Å². The quantitative estimate of drug-likeness (QED) is 0.501. The molecule has 1 aliphatic rings. The van der Waals surface area contributed by atoms with Crippen LogP contribution in [0.25, 0.3) is 0 Å². The maximum atomic E-state index is 10.8. The molecule has 10 heavy (non-hydrogen) atoms. The van der Waals surface area contributed by atoms with Crippen molar-refractivity contribution < 1.29 is 9.53 Å². The van der Waals surface area contributed by atoms with Gasteiger partial charge in [0.05, 0.1) is 16.2 Å². The van der Waals surface area contributed by atoms with E-state index in [1.807, 2.05) is 6.08 Å². The number of ether oxygens (including phenoxy) is 1. The molecular weight excluding hydrogens is 216 g/mol. The van der Waals surface area contributed by atoms with Crippen LogP contribution in [0.2, 0.25) is 0 Å². The molecule has 0 aromatic carbocycles. The van der Waals surface area contributed by atoms with Gasteiger partial charge in [-0.1, -0.05) is 22.0 Å². The number of esters is 1. The van der Waals surface area contributed by atoms with Crippen LogP contribution in [0, 0.1) is 0 Å². The van der Waals surface area contributed by atoms with Crippen LogP contribution in [0.5, 0.6) is 0 Å². The Bertz CT molecular complexity index is 179. The van der Waals surface area contributed by atoms with Gasteiger partial charge in [0.1, 0.15) is 0 Å². The van der Waals surface area contributed by atoms with Gasteiger partial charge in [-0.25, -0.2) is 4.79 Å². The second-order valence-electron chi connectivity index (χ2n) is 1.82. The molecule has 0 amide bonds. The van der Waals surface area contributed by atoms with E-state index in [0.717, 1.165) is 6.42 Å². The minimum Gasteiger partial charge on any atom is -0.465 e. The Morgan fingerprint density at radius 3 is 3.10 bits per heavy atom. The first kappa shape index (κ1) is 8.14. The Morgan fingerprint density at radius 1 is 2.00 bits per heavy atom. The molecule has 0 aliphatic carbocycles. The fourth-order valence-electron chi connectivity index (χ4n) is 0.666. The molecule has 1 rings (SSSR count). The van der Waals surface area contributed by atoms with Crippen molar-refractivity contribution in [2.75, 3.05) is 7.11 Å². The zero-order valence-electron chi connectivity index (χ0n) is 5.46. The summed E-state index contributed by atoms with van der Waals surface area (Å²) in [6.45, 7) is 0. The number of alkyl halides is 1. The third-order valence-corrected chi connectivity index (χ3v) is 3.10. The average molecular weight is 223 g/mol. The van der Waals surface area contributed by atoms with E-state index in [2.05, 4.69) is 20.7 Å². The van der Waals surface area contributed by atoms with E-state index in [9.17, 15) is 4.79 Å². The van der Waals surface area contributed by atoms with Gasteiger partial charge in [-0.2, -0.15) is 0 Å². The highest BCUT2D eigenvalue weighted by atomic mass is 79.9. The number of rotatable bonds is 1. The van der Waals surface area contributed by atoms with Crippen molar-refractivity contribution in [2.45, 2.75) is 10.6 Å². The second kappa shape index (κ2) is 3.44. The molecule has 0 N–H and O–H groups in total. The van der Waals surface area contributed by atoms with Gasteiger partial charge < -0.3 is 4.74 Å². The van der Waals surface area contributed by atoms with Gasteiger partial charge in [0, 0.05) is 0 Å². The number of halogens is 1. The topological polar surface area (TPSA) is 26.3 Å². The number of hydrogen-bond acceptors (Lipinski definition) is 3. The lowest BCUT2D eigenvalue weighted by atomic mass is 10.4. The summed E-state index contributed by atoms with van der Waals surface area (Å²) in [7, 11) is 1.39. The third-order valence-electron chi connectivity index (χ3n) is 1.13. The second-order valence-corrected chi connectivity index (χ2v) is 4.78. The van der Waals surface area contributed by atoms with Crippen LogP contribution >= 0.6 is 27.7 Å². The normalized spacial score (nSPS) is 24.2. The van der Waals surface area contributed by atoms with Crippen molar-refractivity contribution in [3.05, 3.63) is 11.0 Å². The average Bonchev–Trinajstić information content (AvgIpc) is 2.34. The third kappa shape index (κ3) is 1.76. The van der Waals surface area contributed by atoms with E-state index in [1.165, 1.54) is 18.9 Å². The monoisotopic (exact) mass is 222 g/mol. The van der Waals surface area contributed by atoms with Gasteiger partial charge in [-0.15, -0.1) is 11.8 Å². The zero-order chi connectivity index (χ0) is 7.56. The van der Waals surface area contributed by atoms with Crippen molar-refractivity contribution in [1.29, 1.82) is 0 Å². The van der Waals surface area contributed by atoms with Crippen LogP contribution in [-0.4, -0.2) is 17.2 Å². The standard InChI is InChI=1S/C6H7BrO2S/c1-9-6(8)4-2-3-5(7)10-4/h2,5H,3H2,1H3. The van der Waals surface area contributed by atoms with E-state index in [-0.39, 0.29) is 5.97 Å². The molecule has 1 atom stereocenters. The van der Waals surface area contributed by atoms with Crippen molar-refractivity contribution in [3.63, 3.8) is 0 Å². The highest BCUT2D eigenvalue weighted by molar-refractivity contribution is 9.11. The molecule has 0 saturated heterocycles. The number of carbonyl (C=O) groups is 1. The maximum Gasteiger partial charge on any atom is 0.344 e. The zero-order valence-corrected chi connectivity index (χ0v) is 7.87. The molecule has 4 heteroatoms. The number of carbonyl (C=O) groups excluding carboxylic acids is 1. The van der Waals surface area contributed by atoms with Gasteiger partial charge in [0.25, 0.3) is 0 Å². The van der Waals surface area contributed by atoms with Crippen molar-refractivity contribution in [2.24, 2.45) is 0 Å². The van der Waals surface area contributed by atoms with Crippen molar-refractivity contribution in [1.82, 2.24) is 0 Å². The first-order valence-electron chi connectivity index (χ1n) is 2.83. The first-order chi connectivity index (χ1) is 4.74. The first-order valence-corrected chi connectivity index (χ1v) is 4.63. The van der Waals surface area contributed by atoms with E-state index in [4.69, 9.17) is 0 Å². The molecule has 1 heterocycles. The molecule has 0 bridgehead atoms. The molecule has 0 radical (unpaired) electrons. The fourth-order valence-corrected chi connectivity index (χ4v) is 2.30. The molecule has 1 aliphatic heterocycles. The summed E-state index contributed by atoms with van der Waals surface area (Å²) in [6.07, 6.45) is 2.78. The largest absolute Gasteiger partial charge is 0.465 e. The summed E-state index contributed by atoms with van der Waals surface area (Å²) < 4.78 is 4.88. The van der Waals surface area contributed by atoms with Crippen LogP contribution in [0.4, 0.5) is 0 Å². The molecule has 0 aromatic heterocycles. The van der Waals surface area contributed by atoms with Gasteiger partial charge in [0.2, 0.25) is 0 Å². The number of hydrogen-bond donors (Lipinski definition) is 0. The lowest BCUT2D eigenvalue weighted by Crippen LogP contribution is -1.99. The smallest absolute Gasteiger partial charge is 0.344 e. The highest BCUT2D eigenvalue weighted by Crippen LogP contribution is 2.36. The van der Waals surface area contributed by atoms with Crippen molar-refractivity contribution >= 4 is 33.7 Å². The van der Waals surface area contributed by atoms with Crippen LogP contribution in [0.15, 0.2) is 11.0 Å². The Hall–Kier alpha value is 0.0400. The van der Waals surface area contributed by atoms with E-state index in [0.29, 0.717) is 9.06 Å². The molecule has 0 fully saturated rings. The summed E-state index contributed by atoms with van der Waals surface area (Å²) in [5.74, 6) is -0.230. The van der Waals surface area contributed by atoms with Gasteiger partial charge in [-0.05, 0) is 6.42 Å². The Morgan fingerprint density at radius 2 is 2.70 bits per heavy atom. The predicted octanol–water partition coefficient (Wildman–Crippen LogP) is 1.90. The van der Waals surface area contributed by atoms with Crippen LogP contribution in [0.1, 0.15) is 6.42 Å². The fraction of sp³-hybridized carbons (Fsp3) is 0.500. The lowest BCUT2D eigenvalue weighted by molar-refractivity contribution is -0.135. The van der Waals surface area contributed by atoms with Crippen molar-refractivity contribution in [3.8, 4) is 0 Å². The summed E-state index contributed by atoms with van der Waals surface area (Å²) in [4.78, 5) is 11.5. The maximum absolute atomic E-state index is 10.8. The Kier molecular flexibility index (Phi) is 2.80. The molecule has 0 aromatic rings. The molecule has 0 spiro atoms. The predicted molar refractivity (Wildman–Crippen MR) is 45.0 cm³/mol. The summed E-state index contributed by atoms with van der Waals surface area (Å²) in [5, 5.41) is 0. The number of thioether (sulfide) groups is 1. The van der Waals surface area contributed by atoms with Crippen LogP contribution in [0.3, 0.4) is 0 Å². The Balaban J connectivity index is 2.51. The summed E-state index contributed by atoms with van der Waals surface area (Å²) in [6, 6.07) is 0.